The van der Waals surface area contributed by atoms with Gasteiger partial charge in [0.25, 0.3) is 0 Å². The molecule has 19 heavy (non-hydrogen) atoms. The number of hydrogen-bond acceptors (Lipinski definition) is 3. The van der Waals surface area contributed by atoms with Crippen molar-refractivity contribution < 1.29 is 9.59 Å². The SMILES string of the molecule is NCC(=O)NCC(=O)NC1(c2cccc(Br)c2)CC1. The van der Waals surface area contributed by atoms with Gasteiger partial charge >= 0.3 is 0 Å². The van der Waals surface area contributed by atoms with Gasteiger partial charge in [-0.05, 0) is 30.5 Å². The van der Waals surface area contributed by atoms with Gasteiger partial charge in [0, 0.05) is 4.47 Å². The Labute approximate surface area is 120 Å². The molecule has 0 heterocycles. The number of carbonyl (C=O) groups excluding carboxylic acids is 2. The van der Waals surface area contributed by atoms with E-state index in [1.807, 2.05) is 24.3 Å². The third-order valence-corrected chi connectivity index (χ3v) is 3.63. The van der Waals surface area contributed by atoms with Gasteiger partial charge in [-0.15, -0.1) is 0 Å². The normalized spacial score (nSPS) is 15.7. The van der Waals surface area contributed by atoms with E-state index in [0.29, 0.717) is 0 Å². The summed E-state index contributed by atoms with van der Waals surface area (Å²) in [6.07, 6.45) is 1.83. The van der Waals surface area contributed by atoms with Crippen molar-refractivity contribution in [1.29, 1.82) is 0 Å². The fourth-order valence-corrected chi connectivity index (χ4v) is 2.36. The van der Waals surface area contributed by atoms with Crippen molar-refractivity contribution in [3.05, 3.63) is 34.3 Å². The largest absolute Gasteiger partial charge is 0.346 e. The molecule has 0 spiro atoms. The van der Waals surface area contributed by atoms with Crippen LogP contribution in [0.25, 0.3) is 0 Å². The number of benzene rings is 1. The summed E-state index contributed by atoms with van der Waals surface area (Å²) in [5.74, 6) is -0.526. The summed E-state index contributed by atoms with van der Waals surface area (Å²) < 4.78 is 0.988. The van der Waals surface area contributed by atoms with Crippen LogP contribution in [0.1, 0.15) is 18.4 Å². The van der Waals surface area contributed by atoms with E-state index in [2.05, 4.69) is 26.6 Å². The van der Waals surface area contributed by atoms with Crippen LogP contribution in [0.3, 0.4) is 0 Å². The molecule has 5 nitrogen and oxygen atoms in total. The summed E-state index contributed by atoms with van der Waals surface area (Å²) >= 11 is 3.42. The minimum atomic E-state index is -0.331. The van der Waals surface area contributed by atoms with Gasteiger partial charge in [0.2, 0.25) is 11.8 Å². The van der Waals surface area contributed by atoms with Crippen LogP contribution in [0, 0.1) is 0 Å². The molecule has 4 N–H and O–H groups in total. The fourth-order valence-electron chi connectivity index (χ4n) is 1.96. The first-order chi connectivity index (χ1) is 9.05. The highest BCUT2D eigenvalue weighted by Crippen LogP contribution is 2.45. The Morgan fingerprint density at radius 1 is 1.32 bits per heavy atom. The summed E-state index contributed by atoms with van der Waals surface area (Å²) in [4.78, 5) is 22.8. The van der Waals surface area contributed by atoms with Crippen molar-refractivity contribution in [2.75, 3.05) is 13.1 Å². The topological polar surface area (TPSA) is 84.2 Å². The molecule has 1 aliphatic carbocycles. The van der Waals surface area contributed by atoms with E-state index in [-0.39, 0.29) is 30.4 Å². The summed E-state index contributed by atoms with van der Waals surface area (Å²) in [5, 5.41) is 5.44. The lowest BCUT2D eigenvalue weighted by molar-refractivity contribution is -0.126. The number of nitrogens with one attached hydrogen (secondary N) is 2. The van der Waals surface area contributed by atoms with E-state index in [9.17, 15) is 9.59 Å². The first-order valence-electron chi connectivity index (χ1n) is 6.09. The second kappa shape index (κ2) is 5.71. The van der Waals surface area contributed by atoms with Crippen molar-refractivity contribution in [3.63, 3.8) is 0 Å². The number of rotatable bonds is 5. The maximum Gasteiger partial charge on any atom is 0.240 e. The van der Waals surface area contributed by atoms with Gasteiger partial charge in [-0.1, -0.05) is 28.1 Å². The molecular formula is C13H16BrN3O2. The van der Waals surface area contributed by atoms with Crippen molar-refractivity contribution in [3.8, 4) is 0 Å². The molecule has 2 amide bonds. The molecule has 1 aromatic carbocycles. The zero-order chi connectivity index (χ0) is 13.9. The van der Waals surface area contributed by atoms with Crippen LogP contribution in [0.2, 0.25) is 0 Å². The van der Waals surface area contributed by atoms with Crippen LogP contribution in [-0.4, -0.2) is 24.9 Å². The highest BCUT2D eigenvalue weighted by atomic mass is 79.9. The van der Waals surface area contributed by atoms with E-state index in [4.69, 9.17) is 5.73 Å². The number of hydrogen-bond donors (Lipinski definition) is 3. The van der Waals surface area contributed by atoms with Crippen LogP contribution in [-0.2, 0) is 15.1 Å². The Kier molecular flexibility index (Phi) is 4.21. The fraction of sp³-hybridized carbons (Fsp3) is 0.385. The summed E-state index contributed by atoms with van der Waals surface area (Å²) in [6.45, 7) is -0.143. The molecular weight excluding hydrogens is 310 g/mol. The molecule has 0 aromatic heterocycles. The lowest BCUT2D eigenvalue weighted by Gasteiger charge is -2.18. The lowest BCUT2D eigenvalue weighted by atomic mass is 10.1. The average molecular weight is 326 g/mol. The van der Waals surface area contributed by atoms with Crippen LogP contribution >= 0.6 is 15.9 Å². The second-order valence-electron chi connectivity index (χ2n) is 4.62. The molecule has 0 unspecified atom stereocenters. The maximum atomic E-state index is 11.8. The third kappa shape index (κ3) is 3.54. The Balaban J connectivity index is 1.95. The van der Waals surface area contributed by atoms with Gasteiger partial charge in [0.05, 0.1) is 18.6 Å². The predicted molar refractivity (Wildman–Crippen MR) is 75.3 cm³/mol. The molecule has 2 rings (SSSR count). The van der Waals surface area contributed by atoms with E-state index in [0.717, 1.165) is 22.9 Å². The van der Waals surface area contributed by atoms with Gasteiger partial charge in [-0.25, -0.2) is 0 Å². The number of carbonyl (C=O) groups is 2. The van der Waals surface area contributed by atoms with Crippen molar-refractivity contribution >= 4 is 27.7 Å². The molecule has 0 bridgehead atoms. The molecule has 1 fully saturated rings. The Morgan fingerprint density at radius 2 is 2.05 bits per heavy atom. The van der Waals surface area contributed by atoms with Crippen LogP contribution in [0.15, 0.2) is 28.7 Å². The summed E-state index contributed by atoms with van der Waals surface area (Å²) in [5.41, 5.74) is 5.97. The molecule has 0 atom stereocenters. The van der Waals surface area contributed by atoms with E-state index >= 15 is 0 Å². The monoisotopic (exact) mass is 325 g/mol. The van der Waals surface area contributed by atoms with Gasteiger partial charge in [0.15, 0.2) is 0 Å². The Hall–Kier alpha value is -1.40. The van der Waals surface area contributed by atoms with E-state index in [1.165, 1.54) is 0 Å². The minimum absolute atomic E-state index is 0.0359. The van der Waals surface area contributed by atoms with Gasteiger partial charge in [-0.3, -0.25) is 9.59 Å². The molecule has 102 valence electrons. The Bertz CT molecular complexity index is 500. The molecule has 0 saturated heterocycles. The smallest absolute Gasteiger partial charge is 0.240 e. The first-order valence-corrected chi connectivity index (χ1v) is 6.89. The van der Waals surface area contributed by atoms with E-state index in [1.54, 1.807) is 0 Å². The number of nitrogens with two attached hydrogens (primary N) is 1. The minimum Gasteiger partial charge on any atom is -0.346 e. The Morgan fingerprint density at radius 3 is 2.63 bits per heavy atom. The van der Waals surface area contributed by atoms with Crippen molar-refractivity contribution in [1.82, 2.24) is 10.6 Å². The van der Waals surface area contributed by atoms with Gasteiger partial charge in [-0.2, -0.15) is 0 Å². The number of amides is 2. The zero-order valence-corrected chi connectivity index (χ0v) is 12.0. The van der Waals surface area contributed by atoms with Crippen molar-refractivity contribution in [2.45, 2.75) is 18.4 Å². The zero-order valence-electron chi connectivity index (χ0n) is 10.4. The summed E-state index contributed by atoms with van der Waals surface area (Å²) in [6, 6.07) is 7.90. The molecule has 1 aromatic rings. The molecule has 0 radical (unpaired) electrons. The van der Waals surface area contributed by atoms with Gasteiger partial charge < -0.3 is 16.4 Å². The highest BCUT2D eigenvalue weighted by molar-refractivity contribution is 9.10. The standard InChI is InChI=1S/C13H16BrN3O2/c14-10-3-1-2-9(6-10)13(4-5-13)17-12(19)8-16-11(18)7-15/h1-3,6H,4-5,7-8,15H2,(H,16,18)(H,17,19). The summed E-state index contributed by atoms with van der Waals surface area (Å²) in [7, 11) is 0. The lowest BCUT2D eigenvalue weighted by Crippen LogP contribution is -2.43. The van der Waals surface area contributed by atoms with Crippen molar-refractivity contribution in [2.24, 2.45) is 5.73 Å². The maximum absolute atomic E-state index is 11.8. The van der Waals surface area contributed by atoms with Crippen LogP contribution < -0.4 is 16.4 Å². The quantitative estimate of drug-likeness (QED) is 0.742. The first kappa shape index (κ1) is 14.0. The molecule has 0 aliphatic heterocycles. The van der Waals surface area contributed by atoms with Crippen LogP contribution in [0.5, 0.6) is 0 Å². The van der Waals surface area contributed by atoms with Crippen LogP contribution in [0.4, 0.5) is 0 Å². The van der Waals surface area contributed by atoms with Gasteiger partial charge in [0.1, 0.15) is 0 Å². The molecule has 6 heteroatoms. The third-order valence-electron chi connectivity index (χ3n) is 3.14. The molecule has 1 aliphatic rings. The van der Waals surface area contributed by atoms with E-state index < -0.39 is 0 Å². The highest BCUT2D eigenvalue weighted by Gasteiger charge is 2.45. The average Bonchev–Trinajstić information content (AvgIpc) is 3.17. The number of halogens is 1. The molecule has 1 saturated carbocycles. The second-order valence-corrected chi connectivity index (χ2v) is 5.54. The predicted octanol–water partition coefficient (Wildman–Crippen LogP) is 0.629.